The van der Waals surface area contributed by atoms with Gasteiger partial charge in [0.2, 0.25) is 0 Å². The number of hydrogen-bond acceptors (Lipinski definition) is 4. The normalized spacial score (nSPS) is 17.0. The molecular weight excluding hydrogens is 362 g/mol. The SMILES string of the molecule is CSc1nc2sc3c(c2c(=O)n1Cc1ccccc1)CC[NH+](C(C)C)C3. The molecule has 2 aromatic heterocycles. The molecule has 1 aliphatic heterocycles. The number of nitrogens with one attached hydrogen (secondary N) is 1. The zero-order valence-corrected chi connectivity index (χ0v) is 17.0. The van der Waals surface area contributed by atoms with E-state index < -0.39 is 0 Å². The van der Waals surface area contributed by atoms with E-state index in [0.29, 0.717) is 12.6 Å². The van der Waals surface area contributed by atoms with Crippen LogP contribution in [0.1, 0.15) is 29.9 Å². The third-order valence-corrected chi connectivity index (χ3v) is 7.03. The minimum Gasteiger partial charge on any atom is -0.328 e. The van der Waals surface area contributed by atoms with Crippen LogP contribution in [0.15, 0.2) is 40.3 Å². The van der Waals surface area contributed by atoms with Gasteiger partial charge < -0.3 is 4.90 Å². The number of fused-ring (bicyclic) bond motifs is 3. The smallest absolute Gasteiger partial charge is 0.263 e. The average molecular weight is 387 g/mol. The van der Waals surface area contributed by atoms with Gasteiger partial charge in [0.05, 0.1) is 29.4 Å². The second-order valence-electron chi connectivity index (χ2n) is 7.15. The molecule has 0 fully saturated rings. The van der Waals surface area contributed by atoms with Gasteiger partial charge in [0.15, 0.2) is 5.16 Å². The standard InChI is InChI=1S/C20H23N3OS2/c1-13(2)22-10-9-15-16(12-22)26-18-17(15)19(24)23(20(21-18)25-3)11-14-7-5-4-6-8-14/h4-8,13H,9-12H2,1-3H3/p+1. The van der Waals surface area contributed by atoms with E-state index >= 15 is 0 Å². The largest absolute Gasteiger partial charge is 0.328 e. The lowest BCUT2D eigenvalue weighted by Gasteiger charge is -2.27. The number of thioether (sulfide) groups is 1. The topological polar surface area (TPSA) is 39.3 Å². The maximum atomic E-state index is 13.4. The first-order valence-corrected chi connectivity index (χ1v) is 11.1. The van der Waals surface area contributed by atoms with Crippen molar-refractivity contribution in [2.45, 2.75) is 44.6 Å². The monoisotopic (exact) mass is 386 g/mol. The fraction of sp³-hybridized carbons (Fsp3) is 0.400. The average Bonchev–Trinajstić information content (AvgIpc) is 3.02. The molecule has 0 saturated heterocycles. The van der Waals surface area contributed by atoms with Gasteiger partial charge in [0, 0.05) is 6.42 Å². The van der Waals surface area contributed by atoms with Crippen LogP contribution in [0.4, 0.5) is 0 Å². The van der Waals surface area contributed by atoms with Gasteiger partial charge in [-0.3, -0.25) is 9.36 Å². The van der Waals surface area contributed by atoms with E-state index in [-0.39, 0.29) is 5.56 Å². The number of quaternary nitrogens is 1. The molecule has 1 N–H and O–H groups in total. The van der Waals surface area contributed by atoms with Crippen molar-refractivity contribution < 1.29 is 4.90 Å². The van der Waals surface area contributed by atoms with Gasteiger partial charge in [-0.05, 0) is 31.2 Å². The van der Waals surface area contributed by atoms with E-state index in [1.165, 1.54) is 10.4 Å². The van der Waals surface area contributed by atoms with Crippen molar-refractivity contribution >= 4 is 33.3 Å². The molecule has 4 rings (SSSR count). The molecule has 0 saturated carbocycles. The van der Waals surface area contributed by atoms with Crippen LogP contribution in [0, 0.1) is 0 Å². The summed E-state index contributed by atoms with van der Waals surface area (Å²) >= 11 is 3.27. The van der Waals surface area contributed by atoms with Crippen LogP contribution in [0.2, 0.25) is 0 Å². The summed E-state index contributed by atoms with van der Waals surface area (Å²) in [5.41, 5.74) is 2.50. The summed E-state index contributed by atoms with van der Waals surface area (Å²) in [7, 11) is 0. The van der Waals surface area contributed by atoms with Crippen molar-refractivity contribution in [1.82, 2.24) is 9.55 Å². The second-order valence-corrected chi connectivity index (χ2v) is 9.01. The molecule has 0 aliphatic carbocycles. The Morgan fingerprint density at radius 2 is 2.08 bits per heavy atom. The highest BCUT2D eigenvalue weighted by Crippen LogP contribution is 2.30. The van der Waals surface area contributed by atoms with E-state index in [4.69, 9.17) is 4.98 Å². The molecule has 0 radical (unpaired) electrons. The molecule has 3 heterocycles. The number of thiophene rings is 1. The molecule has 1 atom stereocenters. The maximum Gasteiger partial charge on any atom is 0.263 e. The van der Waals surface area contributed by atoms with Crippen LogP contribution in [0.25, 0.3) is 10.2 Å². The molecule has 1 aromatic carbocycles. The Hall–Kier alpha value is -1.63. The molecule has 0 amide bonds. The van der Waals surface area contributed by atoms with Gasteiger partial charge in [-0.2, -0.15) is 0 Å². The lowest BCUT2D eigenvalue weighted by atomic mass is 10.0. The van der Waals surface area contributed by atoms with Crippen LogP contribution < -0.4 is 10.5 Å². The van der Waals surface area contributed by atoms with E-state index in [2.05, 4.69) is 26.0 Å². The lowest BCUT2D eigenvalue weighted by Crippen LogP contribution is -3.14. The van der Waals surface area contributed by atoms with Gasteiger partial charge >= 0.3 is 0 Å². The van der Waals surface area contributed by atoms with Crippen molar-refractivity contribution in [2.24, 2.45) is 0 Å². The van der Waals surface area contributed by atoms with Crippen molar-refractivity contribution in [3.63, 3.8) is 0 Å². The predicted molar refractivity (Wildman–Crippen MR) is 110 cm³/mol. The lowest BCUT2D eigenvalue weighted by molar-refractivity contribution is -0.936. The first-order valence-electron chi connectivity index (χ1n) is 9.06. The zero-order valence-electron chi connectivity index (χ0n) is 15.4. The predicted octanol–water partition coefficient (Wildman–Crippen LogP) is 2.58. The van der Waals surface area contributed by atoms with Crippen molar-refractivity contribution in [3.8, 4) is 0 Å². The van der Waals surface area contributed by atoms with Crippen LogP contribution in [-0.2, 0) is 19.5 Å². The van der Waals surface area contributed by atoms with Crippen molar-refractivity contribution in [3.05, 3.63) is 56.7 Å². The Morgan fingerprint density at radius 1 is 1.31 bits per heavy atom. The highest BCUT2D eigenvalue weighted by molar-refractivity contribution is 7.98. The van der Waals surface area contributed by atoms with E-state index in [9.17, 15) is 4.79 Å². The Morgan fingerprint density at radius 3 is 2.77 bits per heavy atom. The molecule has 1 aliphatic rings. The minimum atomic E-state index is 0.119. The highest BCUT2D eigenvalue weighted by Gasteiger charge is 2.28. The molecular formula is C20H24N3OS2+. The Labute approximate surface area is 161 Å². The third kappa shape index (κ3) is 3.10. The first kappa shape index (κ1) is 17.8. The van der Waals surface area contributed by atoms with Crippen molar-refractivity contribution in [1.29, 1.82) is 0 Å². The van der Waals surface area contributed by atoms with Crippen LogP contribution >= 0.6 is 23.1 Å². The summed E-state index contributed by atoms with van der Waals surface area (Å²) in [6.45, 7) is 7.22. The fourth-order valence-corrected chi connectivity index (χ4v) is 5.58. The number of hydrogen-bond donors (Lipinski definition) is 1. The third-order valence-electron chi connectivity index (χ3n) is 5.23. The number of rotatable bonds is 4. The maximum absolute atomic E-state index is 13.4. The molecule has 0 bridgehead atoms. The Balaban J connectivity index is 1.84. The van der Waals surface area contributed by atoms with Crippen LogP contribution in [0.5, 0.6) is 0 Å². The zero-order chi connectivity index (χ0) is 18.3. The van der Waals surface area contributed by atoms with Gasteiger partial charge in [0.25, 0.3) is 5.56 Å². The van der Waals surface area contributed by atoms with Crippen LogP contribution in [-0.4, -0.2) is 28.4 Å². The van der Waals surface area contributed by atoms with Crippen molar-refractivity contribution in [2.75, 3.05) is 12.8 Å². The van der Waals surface area contributed by atoms with E-state index in [0.717, 1.165) is 40.4 Å². The fourth-order valence-electron chi connectivity index (χ4n) is 3.71. The summed E-state index contributed by atoms with van der Waals surface area (Å²) in [5, 5.41) is 1.67. The molecule has 6 heteroatoms. The summed E-state index contributed by atoms with van der Waals surface area (Å²) in [6.07, 6.45) is 2.97. The highest BCUT2D eigenvalue weighted by atomic mass is 32.2. The summed E-state index contributed by atoms with van der Waals surface area (Å²) in [5.74, 6) is 0. The van der Waals surface area contributed by atoms with Gasteiger partial charge in [-0.1, -0.05) is 42.1 Å². The second kappa shape index (κ2) is 7.18. The Bertz CT molecular complexity index is 992. The summed E-state index contributed by atoms with van der Waals surface area (Å²) < 4.78 is 1.84. The summed E-state index contributed by atoms with van der Waals surface area (Å²) in [6, 6.07) is 10.8. The molecule has 3 aromatic rings. The number of nitrogens with zero attached hydrogens (tertiary/aromatic N) is 2. The van der Waals surface area contributed by atoms with Gasteiger partial charge in [0.1, 0.15) is 11.4 Å². The van der Waals surface area contributed by atoms with Gasteiger partial charge in [-0.15, -0.1) is 11.3 Å². The van der Waals surface area contributed by atoms with Crippen LogP contribution in [0.3, 0.4) is 0 Å². The molecule has 0 spiro atoms. The molecule has 136 valence electrons. The number of aromatic nitrogens is 2. The molecule has 26 heavy (non-hydrogen) atoms. The Kier molecular flexibility index (Phi) is 4.90. The minimum absolute atomic E-state index is 0.119. The number of benzene rings is 1. The molecule has 4 nitrogen and oxygen atoms in total. The van der Waals surface area contributed by atoms with Gasteiger partial charge in [-0.25, -0.2) is 4.98 Å². The quantitative estimate of drug-likeness (QED) is 0.553. The van der Waals surface area contributed by atoms with E-state index in [1.807, 2.05) is 29.0 Å². The summed E-state index contributed by atoms with van der Waals surface area (Å²) in [4.78, 5) is 22.1. The molecule has 1 unspecified atom stereocenters. The van der Waals surface area contributed by atoms with E-state index in [1.54, 1.807) is 28.0 Å². The first-order chi connectivity index (χ1) is 12.6.